The summed E-state index contributed by atoms with van der Waals surface area (Å²) in [6.45, 7) is 0. The smallest absolute Gasteiger partial charge is 0.335 e. The third-order valence-corrected chi connectivity index (χ3v) is 4.90. The minimum absolute atomic E-state index is 0.166. The van der Waals surface area contributed by atoms with Crippen molar-refractivity contribution in [1.29, 1.82) is 0 Å². The fourth-order valence-corrected chi connectivity index (χ4v) is 3.40. The van der Waals surface area contributed by atoms with Gasteiger partial charge in [-0.05, 0) is 54.1 Å². The van der Waals surface area contributed by atoms with Gasteiger partial charge in [0, 0.05) is 5.69 Å². The second-order valence-corrected chi connectivity index (χ2v) is 6.63. The Morgan fingerprint density at radius 3 is 2.14 bits per heavy atom. The van der Waals surface area contributed by atoms with Crippen LogP contribution in [0.2, 0.25) is 0 Å². The average molecular weight is 389 g/mol. The molecule has 0 bridgehead atoms. The third kappa shape index (κ3) is 3.52. The van der Waals surface area contributed by atoms with E-state index in [0.717, 1.165) is 11.3 Å². The van der Waals surface area contributed by atoms with Gasteiger partial charge >= 0.3 is 5.97 Å². The number of carbonyl (C=O) groups excluding carboxylic acids is 1. The summed E-state index contributed by atoms with van der Waals surface area (Å²) in [6.07, 6.45) is -0.676. The number of carbonyl (C=O) groups is 2. The van der Waals surface area contributed by atoms with Crippen molar-refractivity contribution in [3.05, 3.63) is 90.0 Å². The highest BCUT2D eigenvalue weighted by Gasteiger charge is 2.51. The second kappa shape index (κ2) is 7.67. The van der Waals surface area contributed by atoms with E-state index in [0.29, 0.717) is 11.4 Å². The topological polar surface area (TPSA) is 76.1 Å². The molecule has 29 heavy (non-hydrogen) atoms. The minimum atomic E-state index is -1.01. The Hall–Kier alpha value is -3.80. The fourth-order valence-electron chi connectivity index (χ4n) is 3.40. The molecule has 2 unspecified atom stereocenters. The lowest BCUT2D eigenvalue weighted by Crippen LogP contribution is -2.61. The Balaban J connectivity index is 1.67. The summed E-state index contributed by atoms with van der Waals surface area (Å²) in [4.78, 5) is 25.7. The summed E-state index contributed by atoms with van der Waals surface area (Å²) in [5.74, 6) is 0.142. The van der Waals surface area contributed by atoms with Crippen LogP contribution >= 0.6 is 0 Å². The SMILES string of the molecule is COc1ccc(C2C(Oc3ccccc3)C(=O)N2c2ccc(C(=O)O)cc2)cc1. The van der Waals surface area contributed by atoms with E-state index in [1.54, 1.807) is 24.1 Å². The summed E-state index contributed by atoms with van der Waals surface area (Å²) in [7, 11) is 1.60. The molecule has 3 aromatic carbocycles. The molecule has 6 nitrogen and oxygen atoms in total. The van der Waals surface area contributed by atoms with Crippen LogP contribution in [0.1, 0.15) is 22.0 Å². The van der Waals surface area contributed by atoms with Crippen LogP contribution in [0, 0.1) is 0 Å². The fraction of sp³-hybridized carbons (Fsp3) is 0.130. The number of rotatable bonds is 6. The van der Waals surface area contributed by atoms with E-state index in [9.17, 15) is 9.59 Å². The molecule has 1 saturated heterocycles. The highest BCUT2D eigenvalue weighted by Crippen LogP contribution is 2.41. The maximum atomic E-state index is 13.0. The van der Waals surface area contributed by atoms with Gasteiger partial charge in [-0.1, -0.05) is 30.3 Å². The quantitative estimate of drug-likeness (QED) is 0.647. The van der Waals surface area contributed by atoms with Crippen molar-refractivity contribution in [3.63, 3.8) is 0 Å². The van der Waals surface area contributed by atoms with E-state index in [1.807, 2.05) is 54.6 Å². The second-order valence-electron chi connectivity index (χ2n) is 6.63. The zero-order valence-corrected chi connectivity index (χ0v) is 15.7. The number of hydrogen-bond donors (Lipinski definition) is 1. The number of ether oxygens (including phenoxy) is 2. The lowest BCUT2D eigenvalue weighted by atomic mass is 9.89. The number of benzene rings is 3. The molecular formula is C23H19NO5. The van der Waals surface area contributed by atoms with Gasteiger partial charge in [-0.3, -0.25) is 9.69 Å². The van der Waals surface area contributed by atoms with Gasteiger partial charge in [0.25, 0.3) is 5.91 Å². The molecule has 0 aliphatic carbocycles. The standard InChI is InChI=1S/C23H19NO5/c1-28-18-13-9-15(10-14-18)20-21(29-19-5-3-2-4-6-19)22(25)24(20)17-11-7-16(8-12-17)23(26)27/h2-14,20-21H,1H3,(H,26,27). The maximum absolute atomic E-state index is 13.0. The first-order chi connectivity index (χ1) is 14.1. The van der Waals surface area contributed by atoms with E-state index in [2.05, 4.69) is 0 Å². The summed E-state index contributed by atoms with van der Waals surface area (Å²) in [6, 6.07) is 22.6. The van der Waals surface area contributed by atoms with Crippen molar-refractivity contribution in [1.82, 2.24) is 0 Å². The van der Waals surface area contributed by atoms with E-state index >= 15 is 0 Å². The van der Waals surface area contributed by atoms with Crippen molar-refractivity contribution in [3.8, 4) is 11.5 Å². The van der Waals surface area contributed by atoms with Gasteiger partial charge in [0.15, 0.2) is 0 Å². The number of amides is 1. The van der Waals surface area contributed by atoms with Crippen molar-refractivity contribution in [2.45, 2.75) is 12.1 Å². The van der Waals surface area contributed by atoms with Crippen molar-refractivity contribution in [2.75, 3.05) is 12.0 Å². The van der Waals surface area contributed by atoms with Gasteiger partial charge < -0.3 is 14.6 Å². The first-order valence-corrected chi connectivity index (χ1v) is 9.10. The van der Waals surface area contributed by atoms with Crippen LogP contribution in [0.15, 0.2) is 78.9 Å². The number of carboxylic acids is 1. The number of β-lactam (4-membered cyclic amide) rings is 1. The number of methoxy groups -OCH3 is 1. The maximum Gasteiger partial charge on any atom is 0.335 e. The van der Waals surface area contributed by atoms with E-state index < -0.39 is 12.1 Å². The Kier molecular flexibility index (Phi) is 4.91. The van der Waals surface area contributed by atoms with Gasteiger partial charge in [0.2, 0.25) is 6.10 Å². The molecule has 0 aromatic heterocycles. The average Bonchev–Trinajstić information content (AvgIpc) is 2.76. The molecule has 1 N–H and O–H groups in total. The first kappa shape index (κ1) is 18.6. The molecule has 0 saturated carbocycles. The molecule has 1 heterocycles. The predicted molar refractivity (Wildman–Crippen MR) is 107 cm³/mol. The third-order valence-electron chi connectivity index (χ3n) is 4.90. The van der Waals surface area contributed by atoms with E-state index in [1.165, 1.54) is 12.1 Å². The molecular weight excluding hydrogens is 370 g/mol. The molecule has 1 fully saturated rings. The van der Waals surface area contributed by atoms with Crippen molar-refractivity contribution in [2.24, 2.45) is 0 Å². The Morgan fingerprint density at radius 1 is 0.897 bits per heavy atom. The number of anilines is 1. The molecule has 2 atom stereocenters. The van der Waals surface area contributed by atoms with Crippen LogP contribution in [0.25, 0.3) is 0 Å². The van der Waals surface area contributed by atoms with Crippen LogP contribution in [0.5, 0.6) is 11.5 Å². The van der Waals surface area contributed by atoms with Gasteiger partial charge in [-0.25, -0.2) is 4.79 Å². The summed E-state index contributed by atoms with van der Waals surface area (Å²) >= 11 is 0. The molecule has 0 spiro atoms. The molecule has 1 amide bonds. The van der Waals surface area contributed by atoms with E-state index in [4.69, 9.17) is 14.6 Å². The Bertz CT molecular complexity index is 1020. The van der Waals surface area contributed by atoms with Gasteiger partial charge in [-0.2, -0.15) is 0 Å². The number of carboxylic acid groups (broad SMARTS) is 1. The molecule has 3 aromatic rings. The van der Waals surface area contributed by atoms with Crippen molar-refractivity contribution >= 4 is 17.6 Å². The summed E-state index contributed by atoms with van der Waals surface area (Å²) in [5.41, 5.74) is 1.68. The van der Waals surface area contributed by atoms with Crippen LogP contribution < -0.4 is 14.4 Å². The molecule has 6 heteroatoms. The van der Waals surface area contributed by atoms with Crippen LogP contribution in [-0.4, -0.2) is 30.2 Å². The molecule has 0 radical (unpaired) electrons. The van der Waals surface area contributed by atoms with Crippen molar-refractivity contribution < 1.29 is 24.2 Å². The Labute approximate surface area is 167 Å². The minimum Gasteiger partial charge on any atom is -0.497 e. The molecule has 1 aliphatic rings. The zero-order valence-electron chi connectivity index (χ0n) is 15.7. The highest BCUT2D eigenvalue weighted by molar-refractivity contribution is 6.05. The molecule has 146 valence electrons. The number of hydrogen-bond acceptors (Lipinski definition) is 4. The van der Waals surface area contributed by atoms with E-state index in [-0.39, 0.29) is 17.5 Å². The van der Waals surface area contributed by atoms with Crippen LogP contribution in [0.3, 0.4) is 0 Å². The lowest BCUT2D eigenvalue weighted by molar-refractivity contribution is -0.135. The zero-order chi connectivity index (χ0) is 20.4. The lowest BCUT2D eigenvalue weighted by Gasteiger charge is -2.46. The Morgan fingerprint density at radius 2 is 1.55 bits per heavy atom. The number of aromatic carboxylic acids is 1. The first-order valence-electron chi connectivity index (χ1n) is 9.10. The van der Waals surface area contributed by atoms with Gasteiger partial charge in [-0.15, -0.1) is 0 Å². The van der Waals surface area contributed by atoms with Crippen LogP contribution in [-0.2, 0) is 4.79 Å². The normalized spacial score (nSPS) is 18.1. The summed E-state index contributed by atoms with van der Waals surface area (Å²) < 4.78 is 11.2. The van der Waals surface area contributed by atoms with Crippen LogP contribution in [0.4, 0.5) is 5.69 Å². The molecule has 1 aliphatic heterocycles. The monoisotopic (exact) mass is 389 g/mol. The largest absolute Gasteiger partial charge is 0.497 e. The number of para-hydroxylation sites is 1. The van der Waals surface area contributed by atoms with Gasteiger partial charge in [0.1, 0.15) is 17.5 Å². The predicted octanol–water partition coefficient (Wildman–Crippen LogP) is 3.93. The number of nitrogens with zero attached hydrogens (tertiary/aromatic N) is 1. The molecule has 4 rings (SSSR count). The highest BCUT2D eigenvalue weighted by atomic mass is 16.5. The van der Waals surface area contributed by atoms with Gasteiger partial charge in [0.05, 0.1) is 12.7 Å². The summed E-state index contributed by atoms with van der Waals surface area (Å²) in [5, 5.41) is 9.11.